The Morgan fingerprint density at radius 3 is 2.10 bits per heavy atom. The highest BCUT2D eigenvalue weighted by molar-refractivity contribution is 6.70. The summed E-state index contributed by atoms with van der Waals surface area (Å²) in [4.78, 5) is 11.5. The normalized spacial score (nSPS) is 21.1. The summed E-state index contributed by atoms with van der Waals surface area (Å²) in [5.41, 5.74) is 0.420. The molecule has 2 fully saturated rings. The van der Waals surface area contributed by atoms with Gasteiger partial charge in [0.05, 0.1) is 26.4 Å². The van der Waals surface area contributed by atoms with E-state index in [1.54, 1.807) is 0 Å². The summed E-state index contributed by atoms with van der Waals surface area (Å²) in [5, 5.41) is 1.20. The zero-order valence-electron chi connectivity index (χ0n) is 11.7. The van der Waals surface area contributed by atoms with Crippen molar-refractivity contribution in [2.24, 2.45) is 11.8 Å². The van der Waals surface area contributed by atoms with Gasteiger partial charge in [-0.3, -0.25) is 4.79 Å². The molecule has 2 heterocycles. The van der Waals surface area contributed by atoms with E-state index < -0.39 is 9.04 Å². The number of benzene rings is 1. The smallest absolute Gasteiger partial charge is 0.289 e. The minimum Gasteiger partial charge on any atom is -0.517 e. The summed E-state index contributed by atoms with van der Waals surface area (Å²) < 4.78 is 16.5. The van der Waals surface area contributed by atoms with E-state index in [4.69, 9.17) is 13.9 Å². The van der Waals surface area contributed by atoms with Crippen LogP contribution in [0.4, 0.5) is 0 Å². The second kappa shape index (κ2) is 6.07. The third-order valence-electron chi connectivity index (χ3n) is 4.19. The fourth-order valence-corrected chi connectivity index (χ4v) is 6.15. The van der Waals surface area contributed by atoms with Gasteiger partial charge in [0.25, 0.3) is 15.0 Å². The quantitative estimate of drug-likeness (QED) is 0.755. The lowest BCUT2D eigenvalue weighted by Gasteiger charge is -2.44. The Morgan fingerprint density at radius 1 is 1.15 bits per heavy atom. The van der Waals surface area contributed by atoms with Gasteiger partial charge in [0, 0.05) is 24.3 Å². The lowest BCUT2D eigenvalue weighted by molar-refractivity contribution is -0.133. The highest BCUT2D eigenvalue weighted by Crippen LogP contribution is 2.39. The molecule has 5 heteroatoms. The van der Waals surface area contributed by atoms with Gasteiger partial charge in [-0.25, -0.2) is 0 Å². The molecule has 2 aliphatic rings. The van der Waals surface area contributed by atoms with Crippen LogP contribution < -0.4 is 5.19 Å². The Hall–Kier alpha value is -1.17. The van der Waals surface area contributed by atoms with Gasteiger partial charge in [-0.2, -0.15) is 0 Å². The van der Waals surface area contributed by atoms with E-state index >= 15 is 0 Å². The molecular formula is C15H20O4Si. The average Bonchev–Trinajstić information content (AvgIpc) is 2.32. The first-order valence-corrected chi connectivity index (χ1v) is 8.85. The van der Waals surface area contributed by atoms with Gasteiger partial charge in [-0.05, 0) is 5.19 Å². The third kappa shape index (κ3) is 2.80. The van der Waals surface area contributed by atoms with Gasteiger partial charge in [0.15, 0.2) is 0 Å². The molecule has 0 radical (unpaired) electrons. The van der Waals surface area contributed by atoms with Gasteiger partial charge in [-0.15, -0.1) is 0 Å². The molecule has 0 aliphatic carbocycles. The second-order valence-electron chi connectivity index (χ2n) is 5.61. The highest BCUT2D eigenvalue weighted by atomic mass is 28.3. The van der Waals surface area contributed by atoms with E-state index in [0.717, 1.165) is 26.4 Å². The van der Waals surface area contributed by atoms with Crippen molar-refractivity contribution >= 4 is 20.2 Å². The van der Waals surface area contributed by atoms with Crippen molar-refractivity contribution in [3.63, 3.8) is 0 Å². The van der Waals surface area contributed by atoms with Crippen LogP contribution in [0, 0.1) is 11.8 Å². The van der Waals surface area contributed by atoms with E-state index in [2.05, 4.69) is 12.1 Å². The molecule has 1 atom stereocenters. The van der Waals surface area contributed by atoms with Crippen LogP contribution in [0.2, 0.25) is 5.54 Å². The van der Waals surface area contributed by atoms with Crippen molar-refractivity contribution in [2.75, 3.05) is 26.4 Å². The van der Waals surface area contributed by atoms with Gasteiger partial charge in [0.1, 0.15) is 0 Å². The van der Waals surface area contributed by atoms with Gasteiger partial charge < -0.3 is 13.9 Å². The van der Waals surface area contributed by atoms with Crippen molar-refractivity contribution in [3.05, 3.63) is 30.3 Å². The number of rotatable bonds is 5. The first-order valence-electron chi connectivity index (χ1n) is 7.13. The van der Waals surface area contributed by atoms with Crippen LogP contribution in [0.1, 0.15) is 6.92 Å². The first kappa shape index (κ1) is 13.8. The standard InChI is InChI=1S/C15H20O4Si/c1-11(16)19-20(14-5-3-2-4-6-14)15(12-7-17-8-12)13-9-18-10-13/h2-6,12-13,15,20H,7-10H2,1H3. The fraction of sp³-hybridized carbons (Fsp3) is 0.533. The molecule has 0 saturated carbocycles. The maximum atomic E-state index is 11.5. The molecule has 0 N–H and O–H groups in total. The maximum absolute atomic E-state index is 11.5. The van der Waals surface area contributed by atoms with Crippen molar-refractivity contribution in [3.8, 4) is 0 Å². The Morgan fingerprint density at radius 2 is 1.70 bits per heavy atom. The molecule has 1 unspecified atom stereocenters. The number of carbonyl (C=O) groups excluding carboxylic acids is 1. The summed E-state index contributed by atoms with van der Waals surface area (Å²) in [6.07, 6.45) is 0. The van der Waals surface area contributed by atoms with Crippen molar-refractivity contribution < 1.29 is 18.7 Å². The maximum Gasteiger partial charge on any atom is 0.289 e. The zero-order valence-corrected chi connectivity index (χ0v) is 12.8. The molecule has 3 rings (SSSR count). The minimum atomic E-state index is -1.82. The van der Waals surface area contributed by atoms with Gasteiger partial charge in [0.2, 0.25) is 0 Å². The Kier molecular flexibility index (Phi) is 4.19. The predicted molar refractivity (Wildman–Crippen MR) is 77.4 cm³/mol. The van der Waals surface area contributed by atoms with Crippen LogP contribution in [0.15, 0.2) is 30.3 Å². The van der Waals surface area contributed by atoms with Crippen LogP contribution in [0.3, 0.4) is 0 Å². The van der Waals surface area contributed by atoms with E-state index in [1.165, 1.54) is 12.1 Å². The van der Waals surface area contributed by atoms with Crippen LogP contribution in [-0.2, 0) is 18.7 Å². The van der Waals surface area contributed by atoms with Crippen LogP contribution in [0.5, 0.6) is 0 Å². The van der Waals surface area contributed by atoms with E-state index in [1.807, 2.05) is 18.2 Å². The Bertz CT molecular complexity index is 442. The lowest BCUT2D eigenvalue weighted by Crippen LogP contribution is -2.53. The Labute approximate surface area is 120 Å². The molecule has 20 heavy (non-hydrogen) atoms. The molecule has 1 aromatic carbocycles. The summed E-state index contributed by atoms with van der Waals surface area (Å²) in [6, 6.07) is 10.2. The summed E-state index contributed by atoms with van der Waals surface area (Å²) in [5.74, 6) is 0.858. The fourth-order valence-electron chi connectivity index (χ4n) is 3.02. The SMILES string of the molecule is CC(=O)O[SiH](c1ccccc1)C(C1COC1)C1COC1. The number of carbonyl (C=O) groups is 1. The monoisotopic (exact) mass is 292 g/mol. The van der Waals surface area contributed by atoms with Crippen LogP contribution in [0.25, 0.3) is 0 Å². The average molecular weight is 292 g/mol. The number of ether oxygens (including phenoxy) is 2. The molecule has 0 amide bonds. The lowest BCUT2D eigenvalue weighted by atomic mass is 9.91. The topological polar surface area (TPSA) is 44.8 Å². The number of hydrogen-bond donors (Lipinski definition) is 0. The molecule has 2 saturated heterocycles. The molecular weight excluding hydrogens is 272 g/mol. The molecule has 108 valence electrons. The summed E-state index contributed by atoms with van der Waals surface area (Å²) in [6.45, 7) is 4.67. The zero-order chi connectivity index (χ0) is 13.9. The van der Waals surface area contributed by atoms with Gasteiger partial charge >= 0.3 is 0 Å². The molecule has 4 nitrogen and oxygen atoms in total. The van der Waals surface area contributed by atoms with E-state index in [9.17, 15) is 4.79 Å². The summed E-state index contributed by atoms with van der Waals surface area (Å²) >= 11 is 0. The highest BCUT2D eigenvalue weighted by Gasteiger charge is 2.45. The van der Waals surface area contributed by atoms with E-state index in [-0.39, 0.29) is 5.97 Å². The predicted octanol–water partition coefficient (Wildman–Crippen LogP) is 0.843. The molecule has 0 spiro atoms. The molecule has 0 aromatic heterocycles. The minimum absolute atomic E-state index is 0.170. The molecule has 1 aromatic rings. The molecule has 2 aliphatic heterocycles. The Balaban J connectivity index is 1.86. The first-order chi connectivity index (χ1) is 9.75. The molecule has 0 bridgehead atoms. The van der Waals surface area contributed by atoms with Crippen molar-refractivity contribution in [1.82, 2.24) is 0 Å². The van der Waals surface area contributed by atoms with E-state index in [0.29, 0.717) is 17.4 Å². The third-order valence-corrected chi connectivity index (χ3v) is 7.60. The second-order valence-corrected chi connectivity index (χ2v) is 8.13. The summed E-state index contributed by atoms with van der Waals surface area (Å²) in [7, 11) is -1.82. The van der Waals surface area contributed by atoms with Gasteiger partial charge in [-0.1, -0.05) is 30.3 Å². The van der Waals surface area contributed by atoms with Crippen LogP contribution >= 0.6 is 0 Å². The van der Waals surface area contributed by atoms with Crippen molar-refractivity contribution in [2.45, 2.75) is 12.5 Å². The van der Waals surface area contributed by atoms with Crippen LogP contribution in [-0.4, -0.2) is 41.4 Å². The largest absolute Gasteiger partial charge is 0.517 e. The number of hydrogen-bond acceptors (Lipinski definition) is 4. The van der Waals surface area contributed by atoms with Crippen molar-refractivity contribution in [1.29, 1.82) is 0 Å².